The molecule has 1 fully saturated rings. The lowest BCUT2D eigenvalue weighted by atomic mass is 9.93. The summed E-state index contributed by atoms with van der Waals surface area (Å²) in [5.41, 5.74) is 13.1. The molecule has 4 N–H and O–H groups in total. The Kier molecular flexibility index (Phi) is 6.03. The number of nitrogens with zero attached hydrogens (tertiary/aromatic N) is 1. The first-order valence-electron chi connectivity index (χ1n) is 6.91. The highest BCUT2D eigenvalue weighted by atomic mass is 35.5. The molecule has 116 valence electrons. The molecule has 1 saturated heterocycles. The summed E-state index contributed by atoms with van der Waals surface area (Å²) in [6.45, 7) is 3.22. The maximum Gasteiger partial charge on any atom is 0.254 e. The third-order valence-corrected chi connectivity index (χ3v) is 3.79. The highest BCUT2D eigenvalue weighted by Gasteiger charge is 2.26. The van der Waals surface area contributed by atoms with Gasteiger partial charge in [0, 0.05) is 30.8 Å². The third-order valence-electron chi connectivity index (χ3n) is 3.79. The number of primary amides is 1. The molecule has 0 saturated carbocycles. The second-order valence-electron chi connectivity index (χ2n) is 5.50. The zero-order chi connectivity index (χ0) is 14.7. The molecule has 2 amide bonds. The van der Waals surface area contributed by atoms with Gasteiger partial charge >= 0.3 is 0 Å². The van der Waals surface area contributed by atoms with Crippen molar-refractivity contribution in [2.75, 3.05) is 18.8 Å². The van der Waals surface area contributed by atoms with Gasteiger partial charge < -0.3 is 16.4 Å². The van der Waals surface area contributed by atoms with E-state index in [4.69, 9.17) is 11.5 Å². The maximum absolute atomic E-state index is 12.6. The number of hydrogen-bond donors (Lipinski definition) is 2. The van der Waals surface area contributed by atoms with Gasteiger partial charge in [-0.15, -0.1) is 12.4 Å². The van der Waals surface area contributed by atoms with Crippen molar-refractivity contribution < 1.29 is 9.59 Å². The molecule has 1 aliphatic heterocycles. The Hall–Kier alpha value is -1.75. The van der Waals surface area contributed by atoms with Crippen LogP contribution in [0.2, 0.25) is 0 Å². The normalized spacial score (nSPS) is 18.0. The van der Waals surface area contributed by atoms with Gasteiger partial charge in [-0.2, -0.15) is 0 Å². The Morgan fingerprint density at radius 1 is 1.38 bits per heavy atom. The van der Waals surface area contributed by atoms with Crippen molar-refractivity contribution in [1.29, 1.82) is 0 Å². The zero-order valence-corrected chi connectivity index (χ0v) is 13.0. The Morgan fingerprint density at radius 2 is 2.10 bits per heavy atom. The number of piperidine rings is 1. The van der Waals surface area contributed by atoms with Gasteiger partial charge in [0.25, 0.3) is 5.91 Å². The maximum atomic E-state index is 12.6. The molecule has 1 heterocycles. The summed E-state index contributed by atoms with van der Waals surface area (Å²) >= 11 is 0. The van der Waals surface area contributed by atoms with Crippen LogP contribution < -0.4 is 11.5 Å². The van der Waals surface area contributed by atoms with Crippen molar-refractivity contribution >= 4 is 29.9 Å². The molecular formula is C15H22ClN3O2. The molecular weight excluding hydrogens is 290 g/mol. The number of halogens is 1. The molecule has 0 aromatic heterocycles. The van der Waals surface area contributed by atoms with Gasteiger partial charge in [0.05, 0.1) is 0 Å². The lowest BCUT2D eigenvalue weighted by Crippen LogP contribution is -2.41. The number of carbonyl (C=O) groups is 2. The van der Waals surface area contributed by atoms with E-state index < -0.39 is 0 Å². The van der Waals surface area contributed by atoms with Gasteiger partial charge in [-0.25, -0.2) is 0 Å². The Morgan fingerprint density at radius 3 is 2.76 bits per heavy atom. The van der Waals surface area contributed by atoms with Crippen LogP contribution in [0.25, 0.3) is 0 Å². The lowest BCUT2D eigenvalue weighted by molar-refractivity contribution is -0.119. The predicted octanol–water partition coefficient (Wildman–Crippen LogP) is 1.73. The number of nitrogens with two attached hydrogens (primary N) is 2. The number of rotatable bonds is 3. The molecule has 0 bridgehead atoms. The number of aryl methyl sites for hydroxylation is 1. The Balaban J connectivity index is 0.00000220. The van der Waals surface area contributed by atoms with E-state index in [0.29, 0.717) is 24.2 Å². The molecule has 0 spiro atoms. The summed E-state index contributed by atoms with van der Waals surface area (Å²) in [4.78, 5) is 25.4. The van der Waals surface area contributed by atoms with E-state index in [1.54, 1.807) is 17.0 Å². The van der Waals surface area contributed by atoms with Crippen LogP contribution in [0, 0.1) is 12.8 Å². The highest BCUT2D eigenvalue weighted by molar-refractivity contribution is 5.96. The van der Waals surface area contributed by atoms with E-state index in [-0.39, 0.29) is 30.1 Å². The van der Waals surface area contributed by atoms with Crippen molar-refractivity contribution in [3.05, 3.63) is 29.3 Å². The van der Waals surface area contributed by atoms with E-state index in [0.717, 1.165) is 24.9 Å². The van der Waals surface area contributed by atoms with Gasteiger partial charge in [-0.1, -0.05) is 6.07 Å². The average Bonchev–Trinajstić information content (AvgIpc) is 2.40. The average molecular weight is 312 g/mol. The number of anilines is 1. The topological polar surface area (TPSA) is 89.4 Å². The number of nitrogen functional groups attached to an aromatic ring is 1. The first-order valence-corrected chi connectivity index (χ1v) is 6.91. The van der Waals surface area contributed by atoms with Crippen molar-refractivity contribution in [1.82, 2.24) is 4.90 Å². The number of amides is 2. The fourth-order valence-corrected chi connectivity index (χ4v) is 2.74. The molecule has 6 heteroatoms. The molecule has 1 aliphatic rings. The zero-order valence-electron chi connectivity index (χ0n) is 12.2. The van der Waals surface area contributed by atoms with Gasteiger partial charge in [0.15, 0.2) is 0 Å². The molecule has 1 aromatic rings. The number of carbonyl (C=O) groups excluding carboxylic acids is 2. The predicted molar refractivity (Wildman–Crippen MR) is 85.3 cm³/mol. The first kappa shape index (κ1) is 17.3. The van der Waals surface area contributed by atoms with Crippen LogP contribution in [0.5, 0.6) is 0 Å². The van der Waals surface area contributed by atoms with E-state index >= 15 is 0 Å². The minimum atomic E-state index is -0.301. The minimum Gasteiger partial charge on any atom is -0.399 e. The summed E-state index contributed by atoms with van der Waals surface area (Å²) in [7, 11) is 0. The number of likely N-dealkylation sites (tertiary alicyclic amines) is 1. The van der Waals surface area contributed by atoms with E-state index in [1.807, 2.05) is 13.0 Å². The molecule has 0 radical (unpaired) electrons. The first-order chi connectivity index (χ1) is 9.47. The standard InChI is InChI=1S/C15H21N3O2.ClH/c1-10-4-5-12(16)8-13(10)15(20)18-6-2-3-11(9-18)7-14(17)19;/h4-5,8,11H,2-3,6-7,9,16H2,1H3,(H2,17,19);1H. The van der Waals surface area contributed by atoms with Crippen LogP contribution in [0.15, 0.2) is 18.2 Å². The molecule has 2 rings (SSSR count). The summed E-state index contributed by atoms with van der Waals surface area (Å²) in [6, 6.07) is 5.36. The molecule has 5 nitrogen and oxygen atoms in total. The lowest BCUT2D eigenvalue weighted by Gasteiger charge is -2.32. The van der Waals surface area contributed by atoms with Crippen LogP contribution >= 0.6 is 12.4 Å². The fourth-order valence-electron chi connectivity index (χ4n) is 2.74. The third kappa shape index (κ3) is 4.36. The Bertz CT molecular complexity index is 534. The van der Waals surface area contributed by atoms with Crippen LogP contribution in [-0.2, 0) is 4.79 Å². The van der Waals surface area contributed by atoms with Gasteiger partial charge in [0.1, 0.15) is 0 Å². The monoisotopic (exact) mass is 311 g/mol. The van der Waals surface area contributed by atoms with Crippen molar-refractivity contribution in [2.24, 2.45) is 11.7 Å². The highest BCUT2D eigenvalue weighted by Crippen LogP contribution is 2.22. The van der Waals surface area contributed by atoms with Crippen LogP contribution in [-0.4, -0.2) is 29.8 Å². The molecule has 1 unspecified atom stereocenters. The van der Waals surface area contributed by atoms with E-state index in [9.17, 15) is 9.59 Å². The smallest absolute Gasteiger partial charge is 0.254 e. The SMILES string of the molecule is Cc1ccc(N)cc1C(=O)N1CCCC(CC(N)=O)C1.Cl. The van der Waals surface area contributed by atoms with Crippen molar-refractivity contribution in [3.8, 4) is 0 Å². The summed E-state index contributed by atoms with van der Waals surface area (Å²) < 4.78 is 0. The number of benzene rings is 1. The molecule has 21 heavy (non-hydrogen) atoms. The van der Waals surface area contributed by atoms with Crippen LogP contribution in [0.1, 0.15) is 35.2 Å². The number of hydrogen-bond acceptors (Lipinski definition) is 3. The van der Waals surface area contributed by atoms with Crippen LogP contribution in [0.4, 0.5) is 5.69 Å². The molecule has 0 aliphatic carbocycles. The van der Waals surface area contributed by atoms with E-state index in [1.165, 1.54) is 0 Å². The van der Waals surface area contributed by atoms with Crippen molar-refractivity contribution in [3.63, 3.8) is 0 Å². The summed E-state index contributed by atoms with van der Waals surface area (Å²) in [5, 5.41) is 0. The summed E-state index contributed by atoms with van der Waals surface area (Å²) in [5.74, 6) is -0.139. The quantitative estimate of drug-likeness (QED) is 0.833. The second-order valence-corrected chi connectivity index (χ2v) is 5.50. The van der Waals surface area contributed by atoms with Crippen LogP contribution in [0.3, 0.4) is 0 Å². The minimum absolute atomic E-state index is 0. The largest absolute Gasteiger partial charge is 0.399 e. The molecule has 1 aromatic carbocycles. The summed E-state index contributed by atoms with van der Waals surface area (Å²) in [6.07, 6.45) is 2.20. The van der Waals surface area contributed by atoms with Gasteiger partial charge in [-0.05, 0) is 43.4 Å². The van der Waals surface area contributed by atoms with Crippen molar-refractivity contribution in [2.45, 2.75) is 26.2 Å². The molecule has 1 atom stereocenters. The second kappa shape index (κ2) is 7.31. The van der Waals surface area contributed by atoms with E-state index in [2.05, 4.69) is 0 Å². The van der Waals surface area contributed by atoms with Gasteiger partial charge in [0.2, 0.25) is 5.91 Å². The Labute approximate surface area is 131 Å². The fraction of sp³-hybridized carbons (Fsp3) is 0.467. The van der Waals surface area contributed by atoms with Gasteiger partial charge in [-0.3, -0.25) is 9.59 Å².